The molecule has 1 aromatic heterocycles. The van der Waals surface area contributed by atoms with E-state index in [2.05, 4.69) is 36.2 Å². The third kappa shape index (κ3) is 14.4. The molecule has 1 aromatic rings. The van der Waals surface area contributed by atoms with Crippen LogP contribution < -0.4 is 49.9 Å². The van der Waals surface area contributed by atoms with Gasteiger partial charge in [0.2, 0.25) is 41.4 Å². The molecule has 17 N–H and O–H groups in total. The Morgan fingerprint density at radius 2 is 1.60 bits per heavy atom. The Morgan fingerprint density at radius 1 is 0.943 bits per heavy atom. The Labute approximate surface area is 303 Å². The van der Waals surface area contributed by atoms with Gasteiger partial charge in [0.1, 0.15) is 30.2 Å². The molecule has 53 heavy (non-hydrogen) atoms. The van der Waals surface area contributed by atoms with Crippen molar-refractivity contribution in [3.05, 3.63) is 18.2 Å². The standard InChI is InChI=1S/C30H49N13O10/c1-14(44)23(28(51)43-9-3-5-20(43)27(50)40-18(29(52)53)4-2-8-37-30(34)35)42-26(49)19(10-15-12-36-13-38-15)41-25(48)17(6-7-21(32)45)39-24(47)16(31)11-22(33)46/h12-14,16-20,23,44H,2-11,31H2,1H3,(H2,32,45)(H2,33,46)(H,36,38)(H,39,47)(H,40,50)(H,41,48)(H,42,49)(H,52,53)(H4,34,35,37)/t14-,16+,17+,18+,19+,20+,23+/m1/s1. The first kappa shape index (κ1) is 43.3. The third-order valence-electron chi connectivity index (χ3n) is 8.13. The zero-order valence-corrected chi connectivity index (χ0v) is 29.2. The largest absolute Gasteiger partial charge is 0.480 e. The molecule has 23 heteroatoms. The summed E-state index contributed by atoms with van der Waals surface area (Å²) in [5, 5.41) is 29.9. The molecule has 7 amide bonds. The van der Waals surface area contributed by atoms with E-state index in [1.165, 1.54) is 19.4 Å². The van der Waals surface area contributed by atoms with E-state index in [-0.39, 0.29) is 57.6 Å². The van der Waals surface area contributed by atoms with Gasteiger partial charge in [-0.3, -0.25) is 38.6 Å². The molecule has 1 aliphatic heterocycles. The van der Waals surface area contributed by atoms with Crippen LogP contribution in [0.25, 0.3) is 0 Å². The highest BCUT2D eigenvalue weighted by Gasteiger charge is 2.41. The normalized spacial score (nSPS) is 17.2. The lowest BCUT2D eigenvalue weighted by Gasteiger charge is -2.31. The topological polar surface area (TPSA) is 400 Å². The van der Waals surface area contributed by atoms with Crippen molar-refractivity contribution in [3.63, 3.8) is 0 Å². The Balaban J connectivity index is 2.26. The van der Waals surface area contributed by atoms with Gasteiger partial charge in [-0.05, 0) is 39.0 Å². The number of carbonyl (C=O) groups excluding carboxylic acids is 7. The molecule has 1 saturated heterocycles. The van der Waals surface area contributed by atoms with Crippen LogP contribution in [0.15, 0.2) is 17.5 Å². The molecule has 0 spiro atoms. The summed E-state index contributed by atoms with van der Waals surface area (Å²) in [6, 6.07) is -8.45. The van der Waals surface area contributed by atoms with E-state index >= 15 is 0 Å². The molecule has 294 valence electrons. The lowest BCUT2D eigenvalue weighted by atomic mass is 10.0. The van der Waals surface area contributed by atoms with Gasteiger partial charge in [-0.2, -0.15) is 0 Å². The zero-order chi connectivity index (χ0) is 39.8. The first-order chi connectivity index (χ1) is 24.9. The van der Waals surface area contributed by atoms with Crippen molar-refractivity contribution in [3.8, 4) is 0 Å². The average Bonchev–Trinajstić information content (AvgIpc) is 3.78. The number of amides is 7. The Bertz CT molecular complexity index is 1500. The number of nitrogens with one attached hydrogen (secondary N) is 5. The van der Waals surface area contributed by atoms with Crippen molar-refractivity contribution in [2.75, 3.05) is 13.1 Å². The lowest BCUT2D eigenvalue weighted by molar-refractivity contribution is -0.146. The van der Waals surface area contributed by atoms with Crippen LogP contribution in [0.2, 0.25) is 0 Å². The Kier molecular flexibility index (Phi) is 17.1. The number of likely N-dealkylation sites (tertiary alicyclic amines) is 1. The predicted molar refractivity (Wildman–Crippen MR) is 184 cm³/mol. The van der Waals surface area contributed by atoms with E-state index in [1.807, 2.05) is 0 Å². The van der Waals surface area contributed by atoms with Crippen molar-refractivity contribution >= 4 is 53.3 Å². The summed E-state index contributed by atoms with van der Waals surface area (Å²) in [5.41, 5.74) is 26.9. The van der Waals surface area contributed by atoms with Crippen molar-refractivity contribution in [1.29, 1.82) is 0 Å². The number of primary amides is 2. The molecule has 1 aliphatic rings. The second-order valence-electron chi connectivity index (χ2n) is 12.4. The Hall–Kier alpha value is -5.84. The van der Waals surface area contributed by atoms with Gasteiger partial charge in [-0.25, -0.2) is 9.78 Å². The summed E-state index contributed by atoms with van der Waals surface area (Å²) in [6.45, 7) is 1.39. The van der Waals surface area contributed by atoms with Crippen LogP contribution in [0.4, 0.5) is 0 Å². The maximum absolute atomic E-state index is 13.8. The van der Waals surface area contributed by atoms with Crippen LogP contribution in [0.5, 0.6) is 0 Å². The van der Waals surface area contributed by atoms with Gasteiger partial charge in [-0.1, -0.05) is 0 Å². The number of nitrogens with zero attached hydrogens (tertiary/aromatic N) is 3. The number of nitrogens with two attached hydrogens (primary N) is 5. The van der Waals surface area contributed by atoms with E-state index in [0.29, 0.717) is 12.1 Å². The summed E-state index contributed by atoms with van der Waals surface area (Å²) in [6.07, 6.45) is 0.425. The number of aromatic nitrogens is 2. The number of aliphatic carboxylic acids is 1. The molecular weight excluding hydrogens is 702 g/mol. The molecule has 23 nitrogen and oxygen atoms in total. The van der Waals surface area contributed by atoms with Gasteiger partial charge in [0.25, 0.3) is 0 Å². The molecule has 0 aromatic carbocycles. The number of guanidine groups is 1. The van der Waals surface area contributed by atoms with Crippen molar-refractivity contribution in [2.24, 2.45) is 33.7 Å². The number of aliphatic hydroxyl groups is 1. The van der Waals surface area contributed by atoms with Crippen molar-refractivity contribution < 1.29 is 48.6 Å². The number of hydrogen-bond acceptors (Lipinski definition) is 12. The molecule has 0 bridgehead atoms. The van der Waals surface area contributed by atoms with Gasteiger partial charge in [0.05, 0.1) is 24.9 Å². The summed E-state index contributed by atoms with van der Waals surface area (Å²) in [7, 11) is 0. The van der Waals surface area contributed by atoms with Gasteiger partial charge >= 0.3 is 5.97 Å². The molecular formula is C30H49N13O10. The number of carboxylic acid groups (broad SMARTS) is 1. The summed E-state index contributed by atoms with van der Waals surface area (Å²) < 4.78 is 0. The highest BCUT2D eigenvalue weighted by Crippen LogP contribution is 2.20. The number of carboxylic acids is 1. The van der Waals surface area contributed by atoms with E-state index in [1.54, 1.807) is 0 Å². The van der Waals surface area contributed by atoms with Gasteiger partial charge in [0.15, 0.2) is 5.96 Å². The highest BCUT2D eigenvalue weighted by molar-refractivity contribution is 5.97. The summed E-state index contributed by atoms with van der Waals surface area (Å²) >= 11 is 0. The number of aliphatic hydroxyl groups excluding tert-OH is 1. The summed E-state index contributed by atoms with van der Waals surface area (Å²) in [5.74, 6) is -7.68. The van der Waals surface area contributed by atoms with Crippen molar-refractivity contribution in [2.45, 2.75) is 101 Å². The molecule has 2 heterocycles. The minimum Gasteiger partial charge on any atom is -0.480 e. The highest BCUT2D eigenvalue weighted by atomic mass is 16.4. The molecule has 0 aliphatic carbocycles. The van der Waals surface area contributed by atoms with Gasteiger partial charge < -0.3 is 70.0 Å². The fourth-order valence-corrected chi connectivity index (χ4v) is 5.39. The number of hydrogen-bond donors (Lipinski definition) is 12. The van der Waals surface area contributed by atoms with Crippen LogP contribution in [0.3, 0.4) is 0 Å². The minimum absolute atomic E-state index is 0.0123. The van der Waals surface area contributed by atoms with E-state index < -0.39 is 96.1 Å². The molecule has 7 atom stereocenters. The average molecular weight is 752 g/mol. The lowest BCUT2D eigenvalue weighted by Crippen LogP contribution is -2.61. The predicted octanol–water partition coefficient (Wildman–Crippen LogP) is -6.13. The van der Waals surface area contributed by atoms with Crippen molar-refractivity contribution in [1.82, 2.24) is 36.1 Å². The molecule has 0 saturated carbocycles. The second kappa shape index (κ2) is 20.9. The quantitative estimate of drug-likeness (QED) is 0.0298. The third-order valence-corrected chi connectivity index (χ3v) is 8.13. The number of imidazole rings is 1. The maximum atomic E-state index is 13.8. The van der Waals surface area contributed by atoms with E-state index in [9.17, 15) is 48.6 Å². The van der Waals surface area contributed by atoms with Gasteiger partial charge in [-0.15, -0.1) is 0 Å². The smallest absolute Gasteiger partial charge is 0.326 e. The Morgan fingerprint density at radius 3 is 2.17 bits per heavy atom. The molecule has 2 rings (SSSR count). The SMILES string of the molecule is C[C@@H](O)[C@H](NC(=O)[C@H](Cc1cnc[nH]1)NC(=O)[C@H](CCC(N)=O)NC(=O)[C@@H](N)CC(N)=O)C(=O)N1CCC[C@H]1C(=O)N[C@@H](CCCN=C(N)N)C(=O)O. The van der Waals surface area contributed by atoms with Crippen LogP contribution in [-0.4, -0.2) is 134 Å². The molecule has 0 radical (unpaired) electrons. The molecule has 0 unspecified atom stereocenters. The number of H-pyrrole nitrogens is 1. The fourth-order valence-electron chi connectivity index (χ4n) is 5.39. The number of carbonyl (C=O) groups is 8. The van der Waals surface area contributed by atoms with Gasteiger partial charge in [0, 0.05) is 37.8 Å². The fraction of sp³-hybridized carbons (Fsp3) is 0.600. The molecule has 1 fully saturated rings. The maximum Gasteiger partial charge on any atom is 0.326 e. The first-order valence-electron chi connectivity index (χ1n) is 16.7. The second-order valence-corrected chi connectivity index (χ2v) is 12.4. The monoisotopic (exact) mass is 751 g/mol. The van der Waals surface area contributed by atoms with E-state index in [4.69, 9.17) is 28.7 Å². The minimum atomic E-state index is -1.64. The number of aliphatic imine (C=N–C) groups is 1. The van der Waals surface area contributed by atoms with E-state index in [0.717, 1.165) is 4.90 Å². The summed E-state index contributed by atoms with van der Waals surface area (Å²) in [4.78, 5) is 113. The zero-order valence-electron chi connectivity index (χ0n) is 29.2. The number of rotatable bonds is 22. The van der Waals surface area contributed by atoms with Crippen LogP contribution >= 0.6 is 0 Å². The first-order valence-corrected chi connectivity index (χ1v) is 16.7. The number of aromatic amines is 1. The van der Waals surface area contributed by atoms with Crippen LogP contribution in [-0.2, 0) is 44.8 Å². The van der Waals surface area contributed by atoms with Crippen LogP contribution in [0.1, 0.15) is 57.6 Å². The van der Waals surface area contributed by atoms with Crippen LogP contribution in [0, 0.1) is 0 Å².